The number of hydrogen-bond donors (Lipinski definition) is 0. The SMILES string of the molecule is N#Cc1c(-n2c3ccccc3c3cc4c(cc32)c2ccccc2n4-c2ccccc2)cc(-c2cc(-c3ccccc3)nc(-c3ccccc3)n2)cc1-n1c2ccccc2c2c3c(c4ccccc4n3-c3ccccc3)c3c(c4ccccc4n3-c3ccccc3)c21. The fourth-order valence-corrected chi connectivity index (χ4v) is 14.9. The molecule has 0 saturated carbocycles. The van der Waals surface area contributed by atoms with Crippen LogP contribution in [-0.2, 0) is 0 Å². The largest absolute Gasteiger partial charge is 0.309 e. The summed E-state index contributed by atoms with van der Waals surface area (Å²) in [6.07, 6.45) is 0. The van der Waals surface area contributed by atoms with E-state index in [1.54, 1.807) is 0 Å². The van der Waals surface area contributed by atoms with E-state index in [1.165, 1.54) is 0 Å². The highest BCUT2D eigenvalue weighted by Gasteiger charge is 2.31. The van der Waals surface area contributed by atoms with Crippen LogP contribution < -0.4 is 0 Å². The molecule has 19 aromatic rings. The Bertz CT molecular complexity index is 6110. The number of rotatable bonds is 8. The average Bonchev–Trinajstić information content (AvgIpc) is 1.51. The van der Waals surface area contributed by atoms with Crippen molar-refractivity contribution in [3.8, 4) is 68.4 Å². The maximum atomic E-state index is 12.7. The molecular weight excluding hydrogens is 1110 g/mol. The van der Waals surface area contributed by atoms with Gasteiger partial charge in [-0.1, -0.05) is 206 Å². The Morgan fingerprint density at radius 2 is 0.582 bits per heavy atom. The number of nitriles is 1. The van der Waals surface area contributed by atoms with Crippen molar-refractivity contribution in [2.45, 2.75) is 0 Å². The topological polar surface area (TPSA) is 74.2 Å². The molecule has 0 N–H and O–H groups in total. The highest BCUT2D eigenvalue weighted by atomic mass is 15.1. The fourth-order valence-electron chi connectivity index (χ4n) is 14.9. The quantitative estimate of drug-likeness (QED) is 0.152. The average molecular weight is 1160 g/mol. The minimum absolute atomic E-state index is 0.505. The Balaban J connectivity index is 1.03. The maximum Gasteiger partial charge on any atom is 0.160 e. The first kappa shape index (κ1) is 50.6. The van der Waals surface area contributed by atoms with Gasteiger partial charge in [0.2, 0.25) is 0 Å². The number of benzene rings is 13. The summed E-state index contributed by atoms with van der Waals surface area (Å²) >= 11 is 0. The Hall–Kier alpha value is -12.6. The molecule has 0 atom stereocenters. The molecule has 8 nitrogen and oxygen atoms in total. The lowest BCUT2D eigenvalue weighted by Gasteiger charge is -2.19. The van der Waals surface area contributed by atoms with Crippen LogP contribution in [0.1, 0.15) is 5.56 Å². The molecule has 0 spiro atoms. The highest BCUT2D eigenvalue weighted by molar-refractivity contribution is 6.40. The van der Waals surface area contributed by atoms with E-state index in [-0.39, 0.29) is 0 Å². The van der Waals surface area contributed by atoms with E-state index in [0.29, 0.717) is 17.1 Å². The van der Waals surface area contributed by atoms with Gasteiger partial charge in [0.05, 0.1) is 77.9 Å². The van der Waals surface area contributed by atoms with Crippen molar-refractivity contribution < 1.29 is 0 Å². The second-order valence-electron chi connectivity index (χ2n) is 23.5. The third kappa shape index (κ3) is 7.37. The molecule has 13 aromatic carbocycles. The van der Waals surface area contributed by atoms with Crippen molar-refractivity contribution >= 4 is 109 Å². The van der Waals surface area contributed by atoms with Gasteiger partial charge in [-0.15, -0.1) is 0 Å². The molecule has 0 bridgehead atoms. The van der Waals surface area contributed by atoms with Crippen LogP contribution in [0, 0.1) is 11.3 Å². The van der Waals surface area contributed by atoms with Crippen molar-refractivity contribution in [2.24, 2.45) is 0 Å². The molecule has 0 radical (unpaired) electrons. The minimum Gasteiger partial charge on any atom is -0.309 e. The van der Waals surface area contributed by atoms with Crippen LogP contribution in [0.5, 0.6) is 0 Å². The van der Waals surface area contributed by atoms with Gasteiger partial charge in [-0.3, -0.25) is 0 Å². The highest BCUT2D eigenvalue weighted by Crippen LogP contribution is 2.52. The van der Waals surface area contributed by atoms with E-state index in [1.807, 2.05) is 24.3 Å². The third-order valence-corrected chi connectivity index (χ3v) is 18.7. The summed E-state index contributed by atoms with van der Waals surface area (Å²) < 4.78 is 12.1. The van der Waals surface area contributed by atoms with Crippen LogP contribution in [0.4, 0.5) is 0 Å². The molecule has 0 saturated heterocycles. The number of nitrogens with zero attached hydrogens (tertiary/aromatic N) is 8. The first-order chi connectivity index (χ1) is 45.2. The molecule has 0 aliphatic carbocycles. The predicted molar refractivity (Wildman–Crippen MR) is 375 cm³/mol. The Morgan fingerprint density at radius 1 is 0.253 bits per heavy atom. The molecule has 422 valence electrons. The molecule has 91 heavy (non-hydrogen) atoms. The van der Waals surface area contributed by atoms with Gasteiger partial charge in [0.1, 0.15) is 11.6 Å². The maximum absolute atomic E-state index is 12.7. The van der Waals surface area contributed by atoms with Gasteiger partial charge >= 0.3 is 0 Å². The van der Waals surface area contributed by atoms with E-state index in [2.05, 4.69) is 308 Å². The van der Waals surface area contributed by atoms with Crippen molar-refractivity contribution in [3.63, 3.8) is 0 Å². The standard InChI is InChI=1S/C83H50N8/c84-51-65-73(90-69-42-22-17-37-59(69)64-48-75-63(49-76(64)90)58-36-16-21-41-68(58)87(75)55-30-10-3-11-31-55)46-54(67-50-66(52-26-6-1-7-27-52)85-83(86-67)53-28-8-2-9-29-53)47-74(65)91-72-45-25-20-40-62(72)79-81-77(60-38-18-23-43-70(60)88(81)56-32-12-4-13-33-56)80-78(82(79)91)61-39-19-24-44-71(61)89(80)57-34-14-5-15-35-57/h1-50H. The molecule has 0 fully saturated rings. The second kappa shape index (κ2) is 19.7. The minimum atomic E-state index is 0.505. The summed E-state index contributed by atoms with van der Waals surface area (Å²) in [5.41, 5.74) is 19.8. The van der Waals surface area contributed by atoms with Crippen molar-refractivity contribution in [3.05, 3.63) is 309 Å². The van der Waals surface area contributed by atoms with E-state index in [9.17, 15) is 5.26 Å². The lowest BCUT2D eigenvalue weighted by molar-refractivity contribution is 1.11. The normalized spacial score (nSPS) is 11.9. The molecule has 6 aromatic heterocycles. The Morgan fingerprint density at radius 3 is 1.04 bits per heavy atom. The van der Waals surface area contributed by atoms with Gasteiger partial charge < -0.3 is 22.8 Å². The molecule has 0 amide bonds. The van der Waals surface area contributed by atoms with Crippen molar-refractivity contribution in [1.29, 1.82) is 5.26 Å². The van der Waals surface area contributed by atoms with E-state index < -0.39 is 0 Å². The van der Waals surface area contributed by atoms with Gasteiger partial charge in [0.25, 0.3) is 0 Å². The third-order valence-electron chi connectivity index (χ3n) is 18.7. The monoisotopic (exact) mass is 1160 g/mol. The van der Waals surface area contributed by atoms with Gasteiger partial charge in [-0.05, 0) is 97.1 Å². The number of fused-ring (bicyclic) bond motifs is 18. The summed E-state index contributed by atoms with van der Waals surface area (Å²) in [4.78, 5) is 10.9. The van der Waals surface area contributed by atoms with Crippen molar-refractivity contribution in [1.82, 2.24) is 32.8 Å². The molecule has 19 rings (SSSR count). The summed E-state index contributed by atoms with van der Waals surface area (Å²) in [7, 11) is 0. The zero-order valence-corrected chi connectivity index (χ0v) is 48.9. The number of hydrogen-bond acceptors (Lipinski definition) is 3. The second-order valence-corrected chi connectivity index (χ2v) is 23.5. The Labute approximate surface area is 521 Å². The fraction of sp³-hybridized carbons (Fsp3) is 0. The lowest BCUT2D eigenvalue weighted by atomic mass is 10.0. The van der Waals surface area contributed by atoms with Gasteiger partial charge in [-0.25, -0.2) is 9.97 Å². The van der Waals surface area contributed by atoms with Crippen LogP contribution >= 0.6 is 0 Å². The van der Waals surface area contributed by atoms with Gasteiger partial charge in [-0.2, -0.15) is 5.26 Å². The molecule has 0 aliphatic heterocycles. The summed E-state index contributed by atoms with van der Waals surface area (Å²) in [5.74, 6) is 0.599. The lowest BCUT2D eigenvalue weighted by Crippen LogP contribution is -2.06. The summed E-state index contributed by atoms with van der Waals surface area (Å²) in [5, 5.41) is 23.7. The van der Waals surface area contributed by atoms with E-state index in [0.717, 1.165) is 160 Å². The van der Waals surface area contributed by atoms with Crippen LogP contribution in [-0.4, -0.2) is 32.8 Å². The van der Waals surface area contributed by atoms with Crippen LogP contribution in [0.2, 0.25) is 0 Å². The molecular formula is C83H50N8. The Kier molecular flexibility index (Phi) is 11.0. The van der Waals surface area contributed by atoms with Crippen molar-refractivity contribution in [2.75, 3.05) is 0 Å². The molecule has 6 heterocycles. The number of aromatic nitrogens is 7. The zero-order valence-electron chi connectivity index (χ0n) is 48.9. The molecule has 0 unspecified atom stereocenters. The molecule has 0 aliphatic rings. The predicted octanol–water partition coefficient (Wildman–Crippen LogP) is 20.8. The smallest absolute Gasteiger partial charge is 0.160 e. The summed E-state index contributed by atoms with van der Waals surface area (Å²) in [6, 6.07) is 111. The summed E-state index contributed by atoms with van der Waals surface area (Å²) in [6.45, 7) is 0. The first-order valence-corrected chi connectivity index (χ1v) is 30.8. The van der Waals surface area contributed by atoms with E-state index >= 15 is 0 Å². The van der Waals surface area contributed by atoms with Gasteiger partial charge in [0.15, 0.2) is 5.82 Å². The van der Waals surface area contributed by atoms with E-state index in [4.69, 9.17) is 9.97 Å². The first-order valence-electron chi connectivity index (χ1n) is 30.8. The van der Waals surface area contributed by atoms with Crippen LogP contribution in [0.3, 0.4) is 0 Å². The molecule has 8 heteroatoms. The zero-order chi connectivity index (χ0) is 59.8. The van der Waals surface area contributed by atoms with Crippen LogP contribution in [0.15, 0.2) is 303 Å². The van der Waals surface area contributed by atoms with Crippen LogP contribution in [0.25, 0.3) is 171 Å². The number of para-hydroxylation sites is 8. The van der Waals surface area contributed by atoms with Gasteiger partial charge in [0, 0.05) is 87.6 Å².